The van der Waals surface area contributed by atoms with Crippen LogP contribution >= 0.6 is 11.6 Å². The summed E-state index contributed by atoms with van der Waals surface area (Å²) in [6.45, 7) is 5.77. The minimum Gasteiger partial charge on any atom is -0.490 e. The first-order chi connectivity index (χ1) is 18.8. The highest BCUT2D eigenvalue weighted by Crippen LogP contribution is 2.50. The van der Waals surface area contributed by atoms with Crippen LogP contribution in [-0.2, 0) is 19.1 Å². The van der Waals surface area contributed by atoms with Crippen LogP contribution in [0.3, 0.4) is 0 Å². The number of ether oxygens (including phenoxy) is 3. The molecule has 0 bridgehead atoms. The SMILES string of the molecule is CCOc1cc(C2C3=C(CCCC3=O)OC3=C2C(=O)CCC3)cc(Cl)c1OCC(=O)Nc1cc(C)ccc1C. The molecule has 0 fully saturated rings. The molecular formula is C31H32ClNO6. The number of carbonyl (C=O) groups is 3. The molecule has 0 radical (unpaired) electrons. The highest BCUT2D eigenvalue weighted by atomic mass is 35.5. The first-order valence-corrected chi connectivity index (χ1v) is 13.8. The molecule has 204 valence electrons. The Kier molecular flexibility index (Phi) is 7.80. The lowest BCUT2D eigenvalue weighted by atomic mass is 9.73. The number of halogens is 1. The maximum absolute atomic E-state index is 13.1. The van der Waals surface area contributed by atoms with Gasteiger partial charge in [0, 0.05) is 48.4 Å². The third-order valence-electron chi connectivity index (χ3n) is 7.32. The lowest BCUT2D eigenvalue weighted by molar-refractivity contribution is -0.119. The van der Waals surface area contributed by atoms with Crippen LogP contribution in [0.4, 0.5) is 5.69 Å². The van der Waals surface area contributed by atoms with Crippen LogP contribution in [0.1, 0.15) is 68.1 Å². The van der Waals surface area contributed by atoms with E-state index in [1.807, 2.05) is 39.0 Å². The van der Waals surface area contributed by atoms with Gasteiger partial charge in [0.05, 0.1) is 11.6 Å². The number of Topliss-reactive ketones (excluding diaryl/α,β-unsaturated/α-hetero) is 2. The predicted molar refractivity (Wildman–Crippen MR) is 148 cm³/mol. The van der Waals surface area contributed by atoms with E-state index in [2.05, 4.69) is 5.32 Å². The van der Waals surface area contributed by atoms with Crippen molar-refractivity contribution in [2.75, 3.05) is 18.5 Å². The second-order valence-corrected chi connectivity index (χ2v) is 10.6. The molecule has 39 heavy (non-hydrogen) atoms. The topological polar surface area (TPSA) is 90.9 Å². The Labute approximate surface area is 233 Å². The van der Waals surface area contributed by atoms with E-state index in [1.165, 1.54) is 0 Å². The summed E-state index contributed by atoms with van der Waals surface area (Å²) in [6.07, 6.45) is 3.60. The molecule has 7 nitrogen and oxygen atoms in total. The first kappa shape index (κ1) is 27.0. The molecule has 0 saturated carbocycles. The summed E-state index contributed by atoms with van der Waals surface area (Å²) in [6, 6.07) is 9.30. The minimum absolute atomic E-state index is 0.0105. The van der Waals surface area contributed by atoms with Gasteiger partial charge in [-0.1, -0.05) is 23.7 Å². The molecule has 5 rings (SSSR count). The third kappa shape index (κ3) is 5.46. The van der Waals surface area contributed by atoms with E-state index in [1.54, 1.807) is 12.1 Å². The number of benzene rings is 2. The van der Waals surface area contributed by atoms with Crippen LogP contribution in [-0.4, -0.2) is 30.7 Å². The molecular weight excluding hydrogens is 518 g/mol. The van der Waals surface area contributed by atoms with Crippen molar-refractivity contribution in [3.05, 3.63) is 74.7 Å². The minimum atomic E-state index is -0.567. The van der Waals surface area contributed by atoms with Crippen LogP contribution in [0.25, 0.3) is 0 Å². The number of aryl methyl sites for hydroxylation is 2. The highest BCUT2D eigenvalue weighted by molar-refractivity contribution is 6.32. The molecule has 3 aliphatic rings. The van der Waals surface area contributed by atoms with Crippen molar-refractivity contribution in [1.82, 2.24) is 0 Å². The molecule has 1 heterocycles. The fourth-order valence-corrected chi connectivity index (χ4v) is 5.78. The number of nitrogens with one attached hydrogen (secondary N) is 1. The molecule has 2 aromatic rings. The van der Waals surface area contributed by atoms with Crippen LogP contribution in [0.15, 0.2) is 53.0 Å². The van der Waals surface area contributed by atoms with E-state index < -0.39 is 5.92 Å². The Morgan fingerprint density at radius 1 is 0.974 bits per heavy atom. The number of amides is 1. The Morgan fingerprint density at radius 3 is 2.28 bits per heavy atom. The molecule has 2 aliphatic carbocycles. The standard InChI is InChI=1S/C31H32ClNO6/c1-4-37-26-15-19(14-20(32)31(26)38-16-27(36)33-21-13-17(2)11-12-18(21)3)28-29-22(34)7-5-9-24(29)39-25-10-6-8-23(35)30(25)28/h11-15,28H,4-10,16H2,1-3H3,(H,33,36). The maximum atomic E-state index is 13.1. The maximum Gasteiger partial charge on any atom is 0.262 e. The molecule has 0 atom stereocenters. The van der Waals surface area contributed by atoms with Crippen LogP contribution < -0.4 is 14.8 Å². The van der Waals surface area contributed by atoms with Gasteiger partial charge in [0.2, 0.25) is 0 Å². The first-order valence-electron chi connectivity index (χ1n) is 13.4. The van der Waals surface area contributed by atoms with Gasteiger partial charge in [-0.2, -0.15) is 0 Å². The van der Waals surface area contributed by atoms with E-state index in [0.717, 1.165) is 29.7 Å². The summed E-state index contributed by atoms with van der Waals surface area (Å²) in [4.78, 5) is 39.0. The van der Waals surface area contributed by atoms with E-state index in [4.69, 9.17) is 25.8 Å². The monoisotopic (exact) mass is 549 g/mol. The molecule has 1 N–H and O–H groups in total. The van der Waals surface area contributed by atoms with Crippen LogP contribution in [0, 0.1) is 13.8 Å². The Balaban J connectivity index is 1.47. The number of anilines is 1. The molecule has 1 amide bonds. The molecule has 0 spiro atoms. The number of hydrogen-bond acceptors (Lipinski definition) is 6. The summed E-state index contributed by atoms with van der Waals surface area (Å²) >= 11 is 6.73. The van der Waals surface area contributed by atoms with Gasteiger partial charge >= 0.3 is 0 Å². The molecule has 0 aromatic heterocycles. The predicted octanol–water partition coefficient (Wildman–Crippen LogP) is 6.50. The highest BCUT2D eigenvalue weighted by Gasteiger charge is 2.42. The van der Waals surface area contributed by atoms with Gasteiger partial charge in [0.25, 0.3) is 5.91 Å². The number of ketones is 2. The summed E-state index contributed by atoms with van der Waals surface area (Å²) in [5.41, 5.74) is 4.44. The number of carbonyl (C=O) groups excluding carboxylic acids is 3. The zero-order chi connectivity index (χ0) is 27.7. The molecule has 8 heteroatoms. The smallest absolute Gasteiger partial charge is 0.262 e. The normalized spacial score (nSPS) is 17.4. The van der Waals surface area contributed by atoms with Crippen molar-refractivity contribution >= 4 is 34.8 Å². The van der Waals surface area contributed by atoms with Gasteiger partial charge < -0.3 is 19.5 Å². The van der Waals surface area contributed by atoms with Gasteiger partial charge in [-0.3, -0.25) is 14.4 Å². The van der Waals surface area contributed by atoms with Crippen molar-refractivity contribution < 1.29 is 28.6 Å². The van der Waals surface area contributed by atoms with Crippen LogP contribution in [0.5, 0.6) is 11.5 Å². The fraction of sp³-hybridized carbons (Fsp3) is 0.387. The average Bonchev–Trinajstić information content (AvgIpc) is 2.89. The van der Waals surface area contributed by atoms with Gasteiger partial charge in [0.1, 0.15) is 11.5 Å². The van der Waals surface area contributed by atoms with E-state index in [0.29, 0.717) is 66.3 Å². The van der Waals surface area contributed by atoms with Crippen molar-refractivity contribution in [3.8, 4) is 11.5 Å². The van der Waals surface area contributed by atoms with Gasteiger partial charge in [-0.05, 0) is 68.5 Å². The third-order valence-corrected chi connectivity index (χ3v) is 7.60. The van der Waals surface area contributed by atoms with E-state index in [-0.39, 0.29) is 34.9 Å². The Bertz CT molecular complexity index is 1380. The van der Waals surface area contributed by atoms with Crippen molar-refractivity contribution in [2.45, 2.75) is 65.2 Å². The summed E-state index contributed by atoms with van der Waals surface area (Å²) in [5, 5.41) is 3.11. The van der Waals surface area contributed by atoms with Gasteiger partial charge in [-0.15, -0.1) is 0 Å². The van der Waals surface area contributed by atoms with Crippen molar-refractivity contribution in [3.63, 3.8) is 0 Å². The second-order valence-electron chi connectivity index (χ2n) is 10.2. The fourth-order valence-electron chi connectivity index (χ4n) is 5.50. The lowest BCUT2D eigenvalue weighted by Gasteiger charge is -2.36. The lowest BCUT2D eigenvalue weighted by Crippen LogP contribution is -2.30. The Hall–Kier alpha value is -3.58. The summed E-state index contributed by atoms with van der Waals surface area (Å²) < 4.78 is 17.9. The van der Waals surface area contributed by atoms with E-state index in [9.17, 15) is 14.4 Å². The summed E-state index contributed by atoms with van der Waals surface area (Å²) in [7, 11) is 0. The zero-order valence-electron chi connectivity index (χ0n) is 22.4. The quantitative estimate of drug-likeness (QED) is 0.424. The van der Waals surface area contributed by atoms with Crippen molar-refractivity contribution in [2.24, 2.45) is 0 Å². The van der Waals surface area contributed by atoms with Gasteiger partial charge in [0.15, 0.2) is 29.7 Å². The van der Waals surface area contributed by atoms with E-state index >= 15 is 0 Å². The zero-order valence-corrected chi connectivity index (χ0v) is 23.2. The Morgan fingerprint density at radius 2 is 1.64 bits per heavy atom. The van der Waals surface area contributed by atoms with Crippen LogP contribution in [0.2, 0.25) is 5.02 Å². The number of allylic oxidation sites excluding steroid dienone is 4. The molecule has 2 aromatic carbocycles. The molecule has 1 aliphatic heterocycles. The molecule has 0 unspecified atom stereocenters. The molecule has 0 saturated heterocycles. The number of rotatable bonds is 7. The van der Waals surface area contributed by atoms with Gasteiger partial charge in [-0.25, -0.2) is 0 Å². The second kappa shape index (κ2) is 11.3. The van der Waals surface area contributed by atoms with Crippen molar-refractivity contribution in [1.29, 1.82) is 0 Å². The average molecular weight is 550 g/mol. The summed E-state index contributed by atoms with van der Waals surface area (Å²) in [5.74, 6) is 0.973. The number of hydrogen-bond donors (Lipinski definition) is 1. The largest absolute Gasteiger partial charge is 0.490 e.